The molecule has 21 heavy (non-hydrogen) atoms. The van der Waals surface area contributed by atoms with Crippen molar-refractivity contribution < 1.29 is 31.1 Å². The molecule has 0 aliphatic rings. The SMILES string of the molecule is COc1cccc(C(=O)C[n+]2csc3ccccc32)c1.[Br-]. The van der Waals surface area contributed by atoms with E-state index >= 15 is 0 Å². The number of aromatic nitrogens is 1. The maximum absolute atomic E-state index is 12.4. The number of rotatable bonds is 4. The number of thiazole rings is 1. The van der Waals surface area contributed by atoms with Crippen LogP contribution >= 0.6 is 11.3 Å². The molecule has 0 aliphatic heterocycles. The number of ether oxygens (including phenoxy) is 1. The second kappa shape index (κ2) is 6.83. The summed E-state index contributed by atoms with van der Waals surface area (Å²) in [6, 6.07) is 15.4. The van der Waals surface area contributed by atoms with Crippen molar-refractivity contribution in [2.24, 2.45) is 0 Å². The normalized spacial score (nSPS) is 10.1. The van der Waals surface area contributed by atoms with Crippen molar-refractivity contribution in [3.63, 3.8) is 0 Å². The van der Waals surface area contributed by atoms with Gasteiger partial charge in [0.05, 0.1) is 7.11 Å². The molecule has 0 bridgehead atoms. The molecular formula is C16H14BrNO2S. The highest BCUT2D eigenvalue weighted by Gasteiger charge is 2.17. The van der Waals surface area contributed by atoms with Crippen molar-refractivity contribution in [3.8, 4) is 5.75 Å². The van der Waals surface area contributed by atoms with Crippen LogP contribution in [0, 0.1) is 0 Å². The molecule has 1 heterocycles. The van der Waals surface area contributed by atoms with Gasteiger partial charge in [-0.3, -0.25) is 4.79 Å². The van der Waals surface area contributed by atoms with Crippen LogP contribution < -0.4 is 26.3 Å². The molecule has 3 rings (SSSR count). The van der Waals surface area contributed by atoms with Gasteiger partial charge in [0.1, 0.15) is 10.4 Å². The molecule has 0 aliphatic carbocycles. The number of hydrogen-bond acceptors (Lipinski definition) is 3. The summed E-state index contributed by atoms with van der Waals surface area (Å²) < 4.78 is 8.33. The van der Waals surface area contributed by atoms with E-state index < -0.39 is 0 Å². The fraction of sp³-hybridized carbons (Fsp3) is 0.125. The van der Waals surface area contributed by atoms with E-state index in [4.69, 9.17) is 4.74 Å². The van der Waals surface area contributed by atoms with Gasteiger partial charge in [0.15, 0.2) is 0 Å². The number of benzene rings is 2. The van der Waals surface area contributed by atoms with Crippen LogP contribution in [-0.2, 0) is 6.54 Å². The van der Waals surface area contributed by atoms with Gasteiger partial charge in [-0.2, -0.15) is 4.57 Å². The predicted molar refractivity (Wildman–Crippen MR) is 79.3 cm³/mol. The summed E-state index contributed by atoms with van der Waals surface area (Å²) in [5.74, 6) is 0.786. The second-order valence-electron chi connectivity index (χ2n) is 4.47. The number of fused-ring (bicyclic) bond motifs is 1. The fourth-order valence-corrected chi connectivity index (χ4v) is 3.03. The molecule has 0 saturated carbocycles. The lowest BCUT2D eigenvalue weighted by molar-refractivity contribution is -0.652. The van der Waals surface area contributed by atoms with Crippen molar-refractivity contribution in [2.75, 3.05) is 7.11 Å². The third-order valence-corrected chi connectivity index (χ3v) is 4.15. The smallest absolute Gasteiger partial charge is 0.227 e. The molecule has 1 aromatic heterocycles. The Kier molecular flexibility index (Phi) is 5.09. The average Bonchev–Trinajstić information content (AvgIpc) is 2.90. The van der Waals surface area contributed by atoms with Gasteiger partial charge in [0, 0.05) is 11.6 Å². The van der Waals surface area contributed by atoms with Gasteiger partial charge in [0.25, 0.3) is 0 Å². The van der Waals surface area contributed by atoms with E-state index in [0.29, 0.717) is 17.9 Å². The Morgan fingerprint density at radius 2 is 2.00 bits per heavy atom. The number of methoxy groups -OCH3 is 1. The third-order valence-electron chi connectivity index (χ3n) is 3.19. The number of Topliss-reactive ketones (excluding diaryl/α,β-unsaturated/α-hetero) is 1. The summed E-state index contributed by atoms with van der Waals surface area (Å²) in [6.45, 7) is 0.344. The summed E-state index contributed by atoms with van der Waals surface area (Å²) in [6.07, 6.45) is 0. The summed E-state index contributed by atoms with van der Waals surface area (Å²) in [7, 11) is 1.60. The zero-order valence-corrected chi connectivity index (χ0v) is 13.9. The number of halogens is 1. The molecule has 0 atom stereocenters. The van der Waals surface area contributed by atoms with Crippen LogP contribution in [0.3, 0.4) is 0 Å². The number of nitrogens with zero attached hydrogens (tertiary/aromatic N) is 1. The van der Waals surface area contributed by atoms with Crippen molar-refractivity contribution in [3.05, 3.63) is 59.6 Å². The van der Waals surface area contributed by atoms with Crippen LogP contribution in [0.25, 0.3) is 10.2 Å². The van der Waals surface area contributed by atoms with Crippen LogP contribution in [-0.4, -0.2) is 12.9 Å². The molecule has 0 amide bonds. The highest BCUT2D eigenvalue weighted by Crippen LogP contribution is 2.16. The zero-order chi connectivity index (χ0) is 13.9. The van der Waals surface area contributed by atoms with Gasteiger partial charge in [-0.25, -0.2) is 0 Å². The Labute approximate surface area is 137 Å². The van der Waals surface area contributed by atoms with Crippen molar-refractivity contribution in [1.29, 1.82) is 0 Å². The van der Waals surface area contributed by atoms with E-state index in [-0.39, 0.29) is 22.8 Å². The van der Waals surface area contributed by atoms with Crippen LogP contribution in [0.15, 0.2) is 54.0 Å². The Hall–Kier alpha value is -1.72. The van der Waals surface area contributed by atoms with Crippen molar-refractivity contribution >= 4 is 27.3 Å². The van der Waals surface area contributed by atoms with Crippen LogP contribution in [0.4, 0.5) is 0 Å². The Balaban J connectivity index is 0.00000161. The third kappa shape index (κ3) is 3.31. The van der Waals surface area contributed by atoms with Gasteiger partial charge >= 0.3 is 0 Å². The molecule has 5 heteroatoms. The Morgan fingerprint density at radius 1 is 1.19 bits per heavy atom. The number of carbonyl (C=O) groups is 1. The molecule has 2 aromatic carbocycles. The van der Waals surface area contributed by atoms with E-state index in [1.807, 2.05) is 46.5 Å². The molecule has 0 spiro atoms. The zero-order valence-electron chi connectivity index (χ0n) is 11.5. The molecular weight excluding hydrogens is 350 g/mol. The van der Waals surface area contributed by atoms with E-state index in [9.17, 15) is 4.79 Å². The lowest BCUT2D eigenvalue weighted by Crippen LogP contribution is -3.00. The fourth-order valence-electron chi connectivity index (χ4n) is 2.14. The van der Waals surface area contributed by atoms with Crippen LogP contribution in [0.2, 0.25) is 0 Å². The Bertz CT molecular complexity index is 770. The second-order valence-corrected chi connectivity index (χ2v) is 5.36. The lowest BCUT2D eigenvalue weighted by Gasteiger charge is -2.01. The van der Waals surface area contributed by atoms with E-state index in [1.165, 1.54) is 4.70 Å². The summed E-state index contributed by atoms with van der Waals surface area (Å²) >= 11 is 1.64. The first-order valence-electron chi connectivity index (χ1n) is 6.31. The van der Waals surface area contributed by atoms with Crippen molar-refractivity contribution in [2.45, 2.75) is 6.54 Å². The van der Waals surface area contributed by atoms with E-state index in [2.05, 4.69) is 6.07 Å². The van der Waals surface area contributed by atoms with Crippen LogP contribution in [0.5, 0.6) is 5.75 Å². The maximum atomic E-state index is 12.4. The minimum atomic E-state index is 0. The van der Waals surface area contributed by atoms with Gasteiger partial charge < -0.3 is 21.7 Å². The molecule has 3 nitrogen and oxygen atoms in total. The first-order valence-corrected chi connectivity index (χ1v) is 7.19. The van der Waals surface area contributed by atoms with Gasteiger partial charge in [0.2, 0.25) is 23.4 Å². The van der Waals surface area contributed by atoms with Crippen molar-refractivity contribution in [1.82, 2.24) is 0 Å². The summed E-state index contributed by atoms with van der Waals surface area (Å²) in [4.78, 5) is 12.4. The highest BCUT2D eigenvalue weighted by molar-refractivity contribution is 7.16. The predicted octanol–water partition coefficient (Wildman–Crippen LogP) is 0.0843. The number of ketones is 1. The molecule has 0 fully saturated rings. The number of hydrogen-bond donors (Lipinski definition) is 0. The molecule has 108 valence electrons. The van der Waals surface area contributed by atoms with Gasteiger partial charge in [-0.1, -0.05) is 35.6 Å². The first kappa shape index (κ1) is 15.7. The number of para-hydroxylation sites is 1. The molecule has 0 N–H and O–H groups in total. The lowest BCUT2D eigenvalue weighted by atomic mass is 10.1. The largest absolute Gasteiger partial charge is 1.00 e. The first-order chi connectivity index (χ1) is 9.78. The van der Waals surface area contributed by atoms with Crippen LogP contribution in [0.1, 0.15) is 10.4 Å². The summed E-state index contributed by atoms with van der Waals surface area (Å²) in [5, 5.41) is 0. The summed E-state index contributed by atoms with van der Waals surface area (Å²) in [5.41, 5.74) is 3.75. The maximum Gasteiger partial charge on any atom is 0.227 e. The minimum absolute atomic E-state index is 0. The monoisotopic (exact) mass is 363 g/mol. The van der Waals surface area contributed by atoms with E-state index in [0.717, 1.165) is 5.52 Å². The molecule has 3 aromatic rings. The average molecular weight is 364 g/mol. The minimum Gasteiger partial charge on any atom is -1.00 e. The highest BCUT2D eigenvalue weighted by atomic mass is 79.9. The standard InChI is InChI=1S/C16H14NO2S.BrH/c1-19-13-6-4-5-12(9-13)15(18)10-17-11-20-16-8-3-2-7-14(16)17;/h2-9,11H,10H2,1H3;1H/q+1;/p-1. The van der Waals surface area contributed by atoms with Gasteiger partial charge in [-0.05, 0) is 18.2 Å². The molecule has 0 unspecified atom stereocenters. The molecule has 0 radical (unpaired) electrons. The quantitative estimate of drug-likeness (QED) is 0.485. The number of carbonyl (C=O) groups excluding carboxylic acids is 1. The van der Waals surface area contributed by atoms with E-state index in [1.54, 1.807) is 24.5 Å². The topological polar surface area (TPSA) is 30.2 Å². The molecule has 0 saturated heterocycles. The van der Waals surface area contributed by atoms with Gasteiger partial charge in [-0.15, -0.1) is 0 Å². The Morgan fingerprint density at radius 3 is 2.81 bits per heavy atom.